The second-order valence-corrected chi connectivity index (χ2v) is 7.84. The monoisotopic (exact) mass is 336 g/mol. The summed E-state index contributed by atoms with van der Waals surface area (Å²) in [4.78, 5) is 0.333. The third-order valence-electron chi connectivity index (χ3n) is 4.19. The number of sulfonamides is 1. The SMILES string of the molecule is Cl.O=S(=O)(c1ccc(Cl)cc1)N1CCC2(CCNC2)C1. The van der Waals surface area contributed by atoms with E-state index in [4.69, 9.17) is 11.6 Å². The van der Waals surface area contributed by atoms with Gasteiger partial charge in [0.15, 0.2) is 0 Å². The maximum atomic E-state index is 12.5. The van der Waals surface area contributed by atoms with Crippen molar-refractivity contribution in [2.45, 2.75) is 17.7 Å². The maximum absolute atomic E-state index is 12.5. The van der Waals surface area contributed by atoms with Crippen molar-refractivity contribution < 1.29 is 8.42 Å². The van der Waals surface area contributed by atoms with Crippen molar-refractivity contribution >= 4 is 34.0 Å². The van der Waals surface area contributed by atoms with Crippen molar-refractivity contribution in [1.29, 1.82) is 0 Å². The number of halogens is 2. The van der Waals surface area contributed by atoms with Crippen LogP contribution in [0.4, 0.5) is 0 Å². The van der Waals surface area contributed by atoms with E-state index in [9.17, 15) is 8.42 Å². The molecule has 3 rings (SSSR count). The molecule has 0 saturated carbocycles. The van der Waals surface area contributed by atoms with Gasteiger partial charge in [0.25, 0.3) is 0 Å². The molecule has 0 bridgehead atoms. The molecule has 1 spiro atoms. The van der Waals surface area contributed by atoms with Gasteiger partial charge in [-0.1, -0.05) is 11.6 Å². The highest BCUT2D eigenvalue weighted by molar-refractivity contribution is 7.89. The van der Waals surface area contributed by atoms with Gasteiger partial charge in [0.05, 0.1) is 4.90 Å². The quantitative estimate of drug-likeness (QED) is 0.900. The molecule has 1 aromatic rings. The molecular weight excluding hydrogens is 319 g/mol. The van der Waals surface area contributed by atoms with E-state index < -0.39 is 10.0 Å². The third kappa shape index (κ3) is 2.83. The van der Waals surface area contributed by atoms with Crippen LogP contribution >= 0.6 is 24.0 Å². The summed E-state index contributed by atoms with van der Waals surface area (Å²) in [5.74, 6) is 0. The second kappa shape index (κ2) is 5.81. The van der Waals surface area contributed by atoms with Gasteiger partial charge in [0.1, 0.15) is 0 Å². The van der Waals surface area contributed by atoms with Crippen molar-refractivity contribution in [3.8, 4) is 0 Å². The van der Waals surface area contributed by atoms with E-state index >= 15 is 0 Å². The second-order valence-electron chi connectivity index (χ2n) is 5.47. The fourth-order valence-electron chi connectivity index (χ4n) is 3.00. The number of benzene rings is 1. The molecular formula is C13H18Cl2N2O2S. The molecule has 0 aromatic heterocycles. The molecule has 0 aliphatic carbocycles. The average molecular weight is 337 g/mol. The highest BCUT2D eigenvalue weighted by atomic mass is 35.5. The molecule has 7 heteroatoms. The molecule has 2 heterocycles. The molecule has 0 radical (unpaired) electrons. The van der Waals surface area contributed by atoms with E-state index in [-0.39, 0.29) is 17.8 Å². The Hall–Kier alpha value is -0.330. The molecule has 20 heavy (non-hydrogen) atoms. The van der Waals surface area contributed by atoms with Gasteiger partial charge < -0.3 is 5.32 Å². The molecule has 1 N–H and O–H groups in total. The lowest BCUT2D eigenvalue weighted by atomic mass is 9.87. The standard InChI is InChI=1S/C13H17ClN2O2S.ClH/c14-11-1-3-12(4-2-11)19(17,18)16-8-6-13(10-16)5-7-15-9-13;/h1-4,15H,5-10H2;1H. The van der Waals surface area contributed by atoms with Crippen LogP contribution in [-0.2, 0) is 10.0 Å². The molecule has 1 aromatic carbocycles. The van der Waals surface area contributed by atoms with Crippen LogP contribution in [-0.4, -0.2) is 38.9 Å². The molecule has 2 fully saturated rings. The highest BCUT2D eigenvalue weighted by Crippen LogP contribution is 2.38. The predicted molar refractivity (Wildman–Crippen MR) is 82.0 cm³/mol. The first-order valence-corrected chi connectivity index (χ1v) is 8.30. The zero-order valence-corrected chi connectivity index (χ0v) is 13.4. The van der Waals surface area contributed by atoms with Crippen LogP contribution in [0.15, 0.2) is 29.2 Å². The third-order valence-corrected chi connectivity index (χ3v) is 6.30. The molecule has 0 amide bonds. The Balaban J connectivity index is 0.00000147. The number of hydrogen-bond donors (Lipinski definition) is 1. The highest BCUT2D eigenvalue weighted by Gasteiger charge is 2.44. The van der Waals surface area contributed by atoms with Crippen molar-refractivity contribution in [2.24, 2.45) is 5.41 Å². The van der Waals surface area contributed by atoms with E-state index in [0.717, 1.165) is 25.9 Å². The van der Waals surface area contributed by atoms with Gasteiger partial charge >= 0.3 is 0 Å². The minimum absolute atomic E-state index is 0. The summed E-state index contributed by atoms with van der Waals surface area (Å²) < 4.78 is 26.7. The van der Waals surface area contributed by atoms with Gasteiger partial charge in [-0.05, 0) is 49.1 Å². The number of rotatable bonds is 2. The van der Waals surface area contributed by atoms with E-state index in [1.165, 1.54) is 0 Å². The molecule has 2 saturated heterocycles. The first kappa shape index (κ1) is 16.0. The predicted octanol–water partition coefficient (Wildman–Crippen LogP) is 2.14. The average Bonchev–Trinajstić information content (AvgIpc) is 3.01. The smallest absolute Gasteiger partial charge is 0.243 e. The summed E-state index contributed by atoms with van der Waals surface area (Å²) in [5.41, 5.74) is 0.152. The van der Waals surface area contributed by atoms with Gasteiger partial charge in [0.2, 0.25) is 10.0 Å². The first-order valence-electron chi connectivity index (χ1n) is 6.48. The van der Waals surface area contributed by atoms with Crippen LogP contribution in [0.1, 0.15) is 12.8 Å². The summed E-state index contributed by atoms with van der Waals surface area (Å²) in [6, 6.07) is 6.40. The van der Waals surface area contributed by atoms with Gasteiger partial charge in [-0.2, -0.15) is 4.31 Å². The lowest BCUT2D eigenvalue weighted by molar-refractivity contribution is 0.338. The van der Waals surface area contributed by atoms with E-state index in [0.29, 0.717) is 23.0 Å². The van der Waals surface area contributed by atoms with E-state index in [1.54, 1.807) is 28.6 Å². The van der Waals surface area contributed by atoms with E-state index in [1.807, 2.05) is 0 Å². The summed E-state index contributed by atoms with van der Waals surface area (Å²) in [6.07, 6.45) is 2.02. The molecule has 1 unspecified atom stereocenters. The van der Waals surface area contributed by atoms with Crippen molar-refractivity contribution in [3.63, 3.8) is 0 Å². The van der Waals surface area contributed by atoms with Crippen LogP contribution in [0.3, 0.4) is 0 Å². The number of nitrogens with zero attached hydrogens (tertiary/aromatic N) is 1. The van der Waals surface area contributed by atoms with Crippen LogP contribution in [0.5, 0.6) is 0 Å². The summed E-state index contributed by atoms with van der Waals surface area (Å²) in [5, 5.41) is 3.89. The van der Waals surface area contributed by atoms with E-state index in [2.05, 4.69) is 5.32 Å². The Morgan fingerprint density at radius 1 is 1.20 bits per heavy atom. The Labute approximate surface area is 131 Å². The van der Waals surface area contributed by atoms with Crippen LogP contribution < -0.4 is 5.32 Å². The molecule has 4 nitrogen and oxygen atoms in total. The first-order chi connectivity index (χ1) is 9.02. The van der Waals surface area contributed by atoms with Gasteiger partial charge in [-0.3, -0.25) is 0 Å². The van der Waals surface area contributed by atoms with Crippen LogP contribution in [0, 0.1) is 5.41 Å². The molecule has 2 aliphatic rings. The van der Waals surface area contributed by atoms with Gasteiger partial charge in [-0.15, -0.1) is 12.4 Å². The van der Waals surface area contributed by atoms with Crippen molar-refractivity contribution in [2.75, 3.05) is 26.2 Å². The Morgan fingerprint density at radius 2 is 1.90 bits per heavy atom. The Morgan fingerprint density at radius 3 is 2.50 bits per heavy atom. The van der Waals surface area contributed by atoms with Crippen molar-refractivity contribution in [3.05, 3.63) is 29.3 Å². The minimum atomic E-state index is -3.37. The molecule has 2 aliphatic heterocycles. The Kier molecular flexibility index (Phi) is 4.66. The number of nitrogens with one attached hydrogen (secondary N) is 1. The lowest BCUT2D eigenvalue weighted by Crippen LogP contribution is -2.33. The summed E-state index contributed by atoms with van der Waals surface area (Å²) in [7, 11) is -3.37. The summed E-state index contributed by atoms with van der Waals surface area (Å²) in [6.45, 7) is 3.17. The fraction of sp³-hybridized carbons (Fsp3) is 0.538. The Bertz CT molecular complexity index is 569. The normalized spacial score (nSPS) is 26.9. The van der Waals surface area contributed by atoms with Crippen LogP contribution in [0.25, 0.3) is 0 Å². The minimum Gasteiger partial charge on any atom is -0.316 e. The molecule has 1 atom stereocenters. The number of hydrogen-bond acceptors (Lipinski definition) is 3. The van der Waals surface area contributed by atoms with Crippen LogP contribution in [0.2, 0.25) is 5.02 Å². The van der Waals surface area contributed by atoms with Crippen molar-refractivity contribution in [1.82, 2.24) is 9.62 Å². The topological polar surface area (TPSA) is 49.4 Å². The lowest BCUT2D eigenvalue weighted by Gasteiger charge is -2.22. The largest absolute Gasteiger partial charge is 0.316 e. The zero-order chi connectivity index (χ0) is 13.5. The summed E-state index contributed by atoms with van der Waals surface area (Å²) >= 11 is 5.80. The zero-order valence-electron chi connectivity index (χ0n) is 11.0. The molecule has 112 valence electrons. The maximum Gasteiger partial charge on any atom is 0.243 e. The fourth-order valence-corrected chi connectivity index (χ4v) is 4.68. The van der Waals surface area contributed by atoms with Gasteiger partial charge in [0, 0.05) is 24.7 Å². The van der Waals surface area contributed by atoms with Gasteiger partial charge in [-0.25, -0.2) is 8.42 Å².